The largest absolute Gasteiger partial charge is 0.778 e. The summed E-state index contributed by atoms with van der Waals surface area (Å²) in [6.07, 6.45) is 11.5. The second-order valence-corrected chi connectivity index (χ2v) is 20.7. The molecule has 0 saturated heterocycles. The first-order chi connectivity index (χ1) is 31.8. The number of sulfonamides is 1. The first-order valence-electron chi connectivity index (χ1n) is 19.6. The Balaban J connectivity index is 0.000000367. The number of halogens is 2. The van der Waals surface area contributed by atoms with Crippen molar-refractivity contribution in [2.24, 2.45) is 0 Å². The number of carboxylic acids is 1. The highest BCUT2D eigenvalue weighted by molar-refractivity contribution is 7.94. The number of carbonyl (C=O) groups is 6. The molecule has 1 unspecified atom stereocenters. The maximum absolute atomic E-state index is 12.7. The fourth-order valence-electron chi connectivity index (χ4n) is 5.43. The zero-order valence-corrected chi connectivity index (χ0v) is 42.1. The molecule has 3 aromatic rings. The fourth-order valence-corrected chi connectivity index (χ4v) is 7.20. The molecule has 5 N–H and O–H groups in total. The number of benzene rings is 1. The van der Waals surface area contributed by atoms with Gasteiger partial charge >= 0.3 is 18.0 Å². The Morgan fingerprint density at radius 2 is 1.56 bits per heavy atom. The third kappa shape index (κ3) is 18.8. The molecule has 0 spiro atoms. The standard InChI is InChI=1S/C19H17Cl2NO4.C15H18N6O6S.C3H8NO5P.C3H9S/c1-2-26-19(25)16(21)10-11-9-12(7-8-15(11)20)22-17(23)13-5-3-4-6-14(13)18(22)24;1-21(2)13(22)9-6-5-7-16-12(9)28(24,25)20-15(23)19-14-17-10(26-3)8-11(18-14)27-4;5-3(6)1-4-2-10(7,8)9;1-4(2)3/h7-10H,2-6H2,1H3;5-8H,1-4H3,(H2,17,18,19,20,23);4H,1-2H2,(H,5,6)(H2,7,8,9);1-3H3/q;;;+1/p-1/b16-10-;;;. The summed E-state index contributed by atoms with van der Waals surface area (Å²) in [7, 11) is -2.56. The van der Waals surface area contributed by atoms with Gasteiger partial charge in [-0.3, -0.25) is 29.8 Å². The lowest BCUT2D eigenvalue weighted by Gasteiger charge is -2.16. The van der Waals surface area contributed by atoms with Crippen LogP contribution in [0.5, 0.6) is 11.8 Å². The van der Waals surface area contributed by atoms with Crippen LogP contribution in [0.1, 0.15) is 48.5 Å². The molecule has 68 heavy (non-hydrogen) atoms. The predicted octanol–water partition coefficient (Wildman–Crippen LogP) is 2.99. The number of amides is 5. The summed E-state index contributed by atoms with van der Waals surface area (Å²) in [5, 5.41) is 11.7. The zero-order chi connectivity index (χ0) is 51.5. The number of carboxylic acid groups (broad SMARTS) is 1. The molecule has 3 heterocycles. The van der Waals surface area contributed by atoms with Crippen LogP contribution in [0.25, 0.3) is 6.08 Å². The van der Waals surface area contributed by atoms with Crippen LogP contribution in [-0.4, -0.2) is 140 Å². The van der Waals surface area contributed by atoms with Gasteiger partial charge in [0, 0.05) is 36.5 Å². The number of rotatable bonds is 14. The summed E-state index contributed by atoms with van der Waals surface area (Å²) in [6.45, 7) is 1.40. The zero-order valence-electron chi connectivity index (χ0n) is 38.0. The van der Waals surface area contributed by atoms with Gasteiger partial charge in [-0.1, -0.05) is 23.2 Å². The van der Waals surface area contributed by atoms with Gasteiger partial charge in [0.1, 0.15) is 12.6 Å². The van der Waals surface area contributed by atoms with Crippen molar-refractivity contribution in [1.82, 2.24) is 29.9 Å². The van der Waals surface area contributed by atoms with Gasteiger partial charge in [0.15, 0.2) is 5.03 Å². The third-order valence-electron chi connectivity index (χ3n) is 8.18. The normalized spacial score (nSPS) is 14.1. The highest BCUT2D eigenvalue weighted by Crippen LogP contribution is 2.37. The van der Waals surface area contributed by atoms with Crippen LogP contribution in [0.15, 0.2) is 63.8 Å². The number of aliphatic carboxylic acids is 1. The van der Waals surface area contributed by atoms with Gasteiger partial charge in [-0.2, -0.15) is 18.4 Å². The van der Waals surface area contributed by atoms with Crippen LogP contribution in [0.2, 0.25) is 5.02 Å². The maximum atomic E-state index is 12.7. The number of hydrogen-bond donors (Lipinski definition) is 5. The predicted molar refractivity (Wildman–Crippen MR) is 252 cm³/mol. The van der Waals surface area contributed by atoms with E-state index in [1.165, 1.54) is 68.6 Å². The number of anilines is 2. The molecule has 2 aromatic heterocycles. The van der Waals surface area contributed by atoms with Crippen molar-refractivity contribution in [3.63, 3.8) is 0 Å². The lowest BCUT2D eigenvalue weighted by molar-refractivity contribution is -0.193. The molecule has 2 aliphatic rings. The number of imide groups is 1. The first kappa shape index (κ1) is 58.5. The van der Waals surface area contributed by atoms with Gasteiger partial charge < -0.3 is 38.6 Å². The van der Waals surface area contributed by atoms with E-state index in [2.05, 4.69) is 39.0 Å². The van der Waals surface area contributed by atoms with Crippen LogP contribution >= 0.6 is 30.8 Å². The Labute approximate surface area is 405 Å². The topological polar surface area (TPSA) is 326 Å². The summed E-state index contributed by atoms with van der Waals surface area (Å²) < 4.78 is 51.5. The first-order valence-corrected chi connectivity index (χ1v) is 26.1. The van der Waals surface area contributed by atoms with Crippen molar-refractivity contribution in [2.45, 2.75) is 37.6 Å². The van der Waals surface area contributed by atoms with E-state index in [0.717, 1.165) is 12.8 Å². The fraction of sp³-hybridized carbons (Fsp3) is 0.375. The molecule has 372 valence electrons. The van der Waals surface area contributed by atoms with Crippen LogP contribution in [0.3, 0.4) is 0 Å². The number of hydrogen-bond acceptors (Lipinski definition) is 17. The lowest BCUT2D eigenvalue weighted by Crippen LogP contribution is -2.36. The number of methoxy groups -OCH3 is 2. The summed E-state index contributed by atoms with van der Waals surface area (Å²) in [4.78, 5) is 103. The highest BCUT2D eigenvalue weighted by Gasteiger charge is 2.39. The van der Waals surface area contributed by atoms with Gasteiger partial charge in [-0.25, -0.2) is 24.2 Å². The highest BCUT2D eigenvalue weighted by atomic mass is 35.5. The summed E-state index contributed by atoms with van der Waals surface area (Å²) in [5.74, 6) is -3.06. The molecule has 5 amide bonds. The molecule has 0 saturated carbocycles. The van der Waals surface area contributed by atoms with Crippen molar-refractivity contribution in [1.29, 1.82) is 0 Å². The summed E-state index contributed by atoms with van der Waals surface area (Å²) in [6, 6.07) is 7.64. The minimum Gasteiger partial charge on any atom is -0.778 e. The lowest BCUT2D eigenvalue weighted by atomic mass is 9.93. The number of ether oxygens (including phenoxy) is 3. The molecule has 23 nitrogen and oxygen atoms in total. The Morgan fingerprint density at radius 1 is 1.00 bits per heavy atom. The van der Waals surface area contributed by atoms with E-state index in [-0.39, 0.29) is 46.7 Å². The molecular weight excluding hydrogens is 998 g/mol. The van der Waals surface area contributed by atoms with Crippen molar-refractivity contribution >= 4 is 105 Å². The third-order valence-corrected chi connectivity index (χ3v) is 10.7. The molecule has 0 fully saturated rings. The number of nitrogens with one attached hydrogen (secondary N) is 3. The molecule has 28 heteroatoms. The minimum atomic E-state index is -4.46. The average Bonchev–Trinajstić information content (AvgIpc) is 3.51. The molecule has 1 aliphatic heterocycles. The smallest absolute Gasteiger partial charge is 0.349 e. The van der Waals surface area contributed by atoms with E-state index in [0.29, 0.717) is 51.2 Å². The number of aromatic nitrogens is 3. The average molecular weight is 1050 g/mol. The Morgan fingerprint density at radius 3 is 2.04 bits per heavy atom. The Hall–Kier alpha value is -5.66. The van der Waals surface area contributed by atoms with Gasteiger partial charge in [0.2, 0.25) is 17.7 Å². The van der Waals surface area contributed by atoms with E-state index in [9.17, 15) is 46.6 Å². The molecule has 1 aromatic carbocycles. The van der Waals surface area contributed by atoms with E-state index in [1.54, 1.807) is 29.8 Å². The summed E-state index contributed by atoms with van der Waals surface area (Å²) in [5.41, 5.74) is 1.86. The number of pyridine rings is 1. The molecule has 0 bridgehead atoms. The number of esters is 1. The molecule has 1 aliphatic carbocycles. The second-order valence-electron chi connectivity index (χ2n) is 14.3. The molecule has 0 radical (unpaired) electrons. The van der Waals surface area contributed by atoms with Crippen LogP contribution in [0, 0.1) is 0 Å². The van der Waals surface area contributed by atoms with Crippen molar-refractivity contribution in [2.75, 3.05) is 76.7 Å². The van der Waals surface area contributed by atoms with Crippen LogP contribution in [0.4, 0.5) is 16.4 Å². The SMILES string of the molecule is CCOC(=O)/C(Cl)=C/c1cc(N2C(=O)C3=C(CCCC3)C2=O)ccc1Cl.COc1cc(OC)nc(NC(=O)NS(=O)(=O)c2ncccc2C(=O)N(C)C)n1.C[S+](C)C.O=C(O)CNCP(=O)([O-])O. The molecule has 1 atom stereocenters. The molecule has 5 rings (SSSR count). The number of carbonyl (C=O) groups excluding carboxylic acids is 5. The van der Waals surface area contributed by atoms with Gasteiger partial charge in [-0.15, -0.1) is 0 Å². The minimum absolute atomic E-state index is 0.0913. The van der Waals surface area contributed by atoms with Crippen LogP contribution < -0.4 is 34.6 Å². The quantitative estimate of drug-likeness (QED) is 0.0509. The van der Waals surface area contributed by atoms with Gasteiger partial charge in [-0.05, 0) is 85.5 Å². The van der Waals surface area contributed by atoms with Crippen molar-refractivity contribution in [3.8, 4) is 11.8 Å². The number of nitrogens with zero attached hydrogens (tertiary/aromatic N) is 5. The van der Waals surface area contributed by atoms with Gasteiger partial charge in [0.25, 0.3) is 27.7 Å². The van der Waals surface area contributed by atoms with Crippen LogP contribution in [-0.2, 0) is 49.4 Å². The van der Waals surface area contributed by atoms with Gasteiger partial charge in [0.05, 0.1) is 69.7 Å². The van der Waals surface area contributed by atoms with E-state index < -0.39 is 59.4 Å². The Kier molecular flexibility index (Phi) is 23.5. The van der Waals surface area contributed by atoms with Crippen molar-refractivity contribution < 1.29 is 70.9 Å². The Bertz CT molecular complexity index is 2510. The molecular formula is C40H51Cl2N8O15PS2. The second kappa shape index (κ2) is 27.4. The maximum Gasteiger partial charge on any atom is 0.349 e. The van der Waals surface area contributed by atoms with Crippen molar-refractivity contribution in [3.05, 3.63) is 74.9 Å². The van der Waals surface area contributed by atoms with E-state index in [4.69, 9.17) is 47.4 Å². The summed E-state index contributed by atoms with van der Waals surface area (Å²) >= 11 is 12.1. The monoisotopic (exact) mass is 1050 g/mol. The van der Waals surface area contributed by atoms with E-state index in [1.807, 2.05) is 5.32 Å². The number of urea groups is 1. The van der Waals surface area contributed by atoms with E-state index >= 15 is 0 Å².